The Morgan fingerprint density at radius 3 is 2.65 bits per heavy atom. The smallest absolute Gasteiger partial charge is 0.338 e. The van der Waals surface area contributed by atoms with E-state index in [0.29, 0.717) is 10.7 Å². The zero-order chi connectivity index (χ0) is 17.0. The third kappa shape index (κ3) is 4.71. The van der Waals surface area contributed by atoms with Gasteiger partial charge in [-0.3, -0.25) is 4.79 Å². The van der Waals surface area contributed by atoms with Crippen molar-refractivity contribution < 1.29 is 14.3 Å². The molecule has 23 heavy (non-hydrogen) atoms. The first-order valence-electron chi connectivity index (χ1n) is 6.65. The third-order valence-electron chi connectivity index (χ3n) is 3.01. The van der Waals surface area contributed by atoms with Crippen LogP contribution in [-0.4, -0.2) is 18.5 Å². The highest BCUT2D eigenvalue weighted by molar-refractivity contribution is 9.10. The normalized spacial score (nSPS) is 10.2. The fourth-order valence-electron chi connectivity index (χ4n) is 1.80. The molecule has 2 aromatic carbocycles. The minimum absolute atomic E-state index is 0.235. The number of rotatable bonds is 4. The first-order valence-corrected chi connectivity index (χ1v) is 7.82. The fraction of sp³-hybridized carbons (Fsp3) is 0.125. The number of carbonyl (C=O) groups excluding carboxylic acids is 2. The van der Waals surface area contributed by atoms with Gasteiger partial charge in [0.15, 0.2) is 6.61 Å². The second kappa shape index (κ2) is 7.48. The fourth-order valence-corrected chi connectivity index (χ4v) is 2.17. The Balaban J connectivity index is 1.91. The Bertz CT molecular complexity index is 765. The second-order valence-electron chi connectivity index (χ2n) is 4.82. The van der Waals surface area contributed by atoms with E-state index >= 15 is 0 Å². The number of amides is 1. The zero-order valence-electron chi connectivity index (χ0n) is 12.2. The summed E-state index contributed by atoms with van der Waals surface area (Å²) in [4.78, 5) is 23.7. The molecule has 7 heteroatoms. The Morgan fingerprint density at radius 1 is 1.26 bits per heavy atom. The molecule has 0 aliphatic rings. The molecule has 0 aliphatic carbocycles. The number of anilines is 2. The predicted molar refractivity (Wildman–Crippen MR) is 93.7 cm³/mol. The van der Waals surface area contributed by atoms with Crippen molar-refractivity contribution >= 4 is 50.8 Å². The second-order valence-corrected chi connectivity index (χ2v) is 6.09. The number of carbonyl (C=O) groups is 2. The number of halogens is 2. The van der Waals surface area contributed by atoms with Crippen LogP contribution in [0.4, 0.5) is 11.4 Å². The van der Waals surface area contributed by atoms with E-state index in [-0.39, 0.29) is 11.3 Å². The van der Waals surface area contributed by atoms with Crippen molar-refractivity contribution in [2.45, 2.75) is 6.92 Å². The number of nitrogens with two attached hydrogens (primary N) is 1. The van der Waals surface area contributed by atoms with E-state index in [2.05, 4.69) is 21.2 Å². The van der Waals surface area contributed by atoms with E-state index in [4.69, 9.17) is 22.1 Å². The van der Waals surface area contributed by atoms with E-state index in [1.807, 2.05) is 19.1 Å². The van der Waals surface area contributed by atoms with Crippen molar-refractivity contribution in [3.63, 3.8) is 0 Å². The van der Waals surface area contributed by atoms with Crippen LogP contribution in [0.2, 0.25) is 5.02 Å². The van der Waals surface area contributed by atoms with Gasteiger partial charge in [-0.25, -0.2) is 4.79 Å². The first-order chi connectivity index (χ1) is 10.9. The highest BCUT2D eigenvalue weighted by atomic mass is 79.9. The van der Waals surface area contributed by atoms with Gasteiger partial charge in [-0.15, -0.1) is 0 Å². The number of esters is 1. The van der Waals surface area contributed by atoms with Gasteiger partial charge in [0.25, 0.3) is 5.91 Å². The number of hydrogen-bond donors (Lipinski definition) is 2. The Kier molecular flexibility index (Phi) is 5.63. The molecule has 120 valence electrons. The monoisotopic (exact) mass is 396 g/mol. The number of hydrogen-bond acceptors (Lipinski definition) is 4. The molecule has 0 aliphatic heterocycles. The summed E-state index contributed by atoms with van der Waals surface area (Å²) in [6.45, 7) is 1.52. The van der Waals surface area contributed by atoms with Crippen molar-refractivity contribution in [1.82, 2.24) is 0 Å². The van der Waals surface area contributed by atoms with E-state index in [1.54, 1.807) is 6.07 Å². The molecule has 2 rings (SSSR count). The van der Waals surface area contributed by atoms with Gasteiger partial charge in [0.05, 0.1) is 16.3 Å². The van der Waals surface area contributed by atoms with Crippen LogP contribution in [-0.2, 0) is 9.53 Å². The van der Waals surface area contributed by atoms with E-state index in [9.17, 15) is 9.59 Å². The molecule has 0 saturated carbocycles. The lowest BCUT2D eigenvalue weighted by Crippen LogP contribution is -2.21. The molecule has 0 saturated heterocycles. The summed E-state index contributed by atoms with van der Waals surface area (Å²) in [6.07, 6.45) is 0. The summed E-state index contributed by atoms with van der Waals surface area (Å²) in [7, 11) is 0. The number of ether oxygens (including phenoxy) is 1. The van der Waals surface area contributed by atoms with Gasteiger partial charge in [-0.05, 0) is 48.9 Å². The summed E-state index contributed by atoms with van der Waals surface area (Å²) in [5.41, 5.74) is 7.74. The highest BCUT2D eigenvalue weighted by Crippen LogP contribution is 2.21. The van der Waals surface area contributed by atoms with Crippen LogP contribution in [0, 0.1) is 6.92 Å². The lowest BCUT2D eigenvalue weighted by atomic mass is 10.2. The van der Waals surface area contributed by atoms with Gasteiger partial charge in [0.1, 0.15) is 0 Å². The van der Waals surface area contributed by atoms with E-state index < -0.39 is 18.5 Å². The van der Waals surface area contributed by atoms with Gasteiger partial charge < -0.3 is 15.8 Å². The molecule has 0 fully saturated rings. The molecule has 0 unspecified atom stereocenters. The number of nitrogen functional groups attached to an aromatic ring is 1. The molecule has 0 aromatic heterocycles. The van der Waals surface area contributed by atoms with Gasteiger partial charge >= 0.3 is 5.97 Å². The van der Waals surface area contributed by atoms with Gasteiger partial charge in [0.2, 0.25) is 0 Å². The van der Waals surface area contributed by atoms with Crippen molar-refractivity contribution in [2.75, 3.05) is 17.7 Å². The van der Waals surface area contributed by atoms with Gasteiger partial charge in [-0.2, -0.15) is 0 Å². The lowest BCUT2D eigenvalue weighted by molar-refractivity contribution is -0.119. The number of benzene rings is 2. The Labute approximate surface area is 146 Å². The van der Waals surface area contributed by atoms with Gasteiger partial charge in [0, 0.05) is 10.2 Å². The maximum atomic E-state index is 11.9. The molecule has 5 nitrogen and oxygen atoms in total. The topological polar surface area (TPSA) is 81.4 Å². The minimum atomic E-state index is -0.643. The van der Waals surface area contributed by atoms with Crippen molar-refractivity contribution in [3.05, 3.63) is 57.0 Å². The molecular formula is C16H14BrClN2O3. The van der Waals surface area contributed by atoms with E-state index in [0.717, 1.165) is 10.0 Å². The quantitative estimate of drug-likeness (QED) is 0.607. The van der Waals surface area contributed by atoms with Crippen LogP contribution in [0.5, 0.6) is 0 Å². The largest absolute Gasteiger partial charge is 0.452 e. The first kappa shape index (κ1) is 17.3. The summed E-state index contributed by atoms with van der Waals surface area (Å²) < 4.78 is 5.90. The number of nitrogens with one attached hydrogen (secondary N) is 1. The molecule has 0 spiro atoms. The van der Waals surface area contributed by atoms with Crippen LogP contribution in [0.1, 0.15) is 15.9 Å². The third-order valence-corrected chi connectivity index (χ3v) is 4.24. The van der Waals surface area contributed by atoms with Gasteiger partial charge in [-0.1, -0.05) is 27.5 Å². The molecule has 1 amide bonds. The summed E-state index contributed by atoms with van der Waals surface area (Å²) in [5.74, 6) is -1.07. The van der Waals surface area contributed by atoms with Crippen molar-refractivity contribution in [2.24, 2.45) is 0 Å². The summed E-state index contributed by atoms with van der Waals surface area (Å²) in [5, 5.41) is 3.01. The Morgan fingerprint density at radius 2 is 2.00 bits per heavy atom. The average molecular weight is 398 g/mol. The van der Waals surface area contributed by atoms with Crippen LogP contribution in [0.3, 0.4) is 0 Å². The Hall–Kier alpha value is -2.05. The molecule has 2 aromatic rings. The average Bonchev–Trinajstić information content (AvgIpc) is 2.51. The van der Waals surface area contributed by atoms with E-state index in [1.165, 1.54) is 18.2 Å². The maximum Gasteiger partial charge on any atom is 0.338 e. The molecule has 0 atom stereocenters. The van der Waals surface area contributed by atoms with Crippen molar-refractivity contribution in [1.29, 1.82) is 0 Å². The summed E-state index contributed by atoms with van der Waals surface area (Å²) in [6, 6.07) is 9.77. The molecule has 3 N–H and O–H groups in total. The van der Waals surface area contributed by atoms with Crippen LogP contribution in [0.15, 0.2) is 40.9 Å². The molecular weight excluding hydrogens is 384 g/mol. The minimum Gasteiger partial charge on any atom is -0.452 e. The molecule has 0 bridgehead atoms. The van der Waals surface area contributed by atoms with Crippen LogP contribution < -0.4 is 11.1 Å². The molecule has 0 heterocycles. The number of aryl methyl sites for hydroxylation is 1. The SMILES string of the molecule is Cc1cc(NC(=O)COC(=O)c2ccc(Cl)c(N)c2)ccc1Br. The zero-order valence-corrected chi connectivity index (χ0v) is 14.6. The standard InChI is InChI=1S/C16H14BrClN2O3/c1-9-6-11(3-4-12(9)17)20-15(21)8-23-16(22)10-2-5-13(18)14(19)7-10/h2-7H,8,19H2,1H3,(H,20,21). The van der Waals surface area contributed by atoms with Crippen LogP contribution >= 0.6 is 27.5 Å². The predicted octanol–water partition coefficient (Wildman–Crippen LogP) is 3.79. The highest BCUT2D eigenvalue weighted by Gasteiger charge is 2.12. The summed E-state index contributed by atoms with van der Waals surface area (Å²) >= 11 is 9.16. The van der Waals surface area contributed by atoms with Crippen LogP contribution in [0.25, 0.3) is 0 Å². The lowest BCUT2D eigenvalue weighted by Gasteiger charge is -2.08. The molecule has 0 radical (unpaired) electrons. The maximum absolute atomic E-state index is 11.9. The van der Waals surface area contributed by atoms with Crippen molar-refractivity contribution in [3.8, 4) is 0 Å².